The lowest BCUT2D eigenvalue weighted by molar-refractivity contribution is 0.445. The molecule has 1 atom stereocenters. The smallest absolute Gasteiger partial charge is 0.178 e. The van der Waals surface area contributed by atoms with Gasteiger partial charge in [-0.15, -0.1) is 0 Å². The fourth-order valence-corrected chi connectivity index (χ4v) is 3.39. The van der Waals surface area contributed by atoms with Gasteiger partial charge in [-0.25, -0.2) is 18.4 Å². The number of sulfone groups is 1. The Bertz CT molecular complexity index is 564. The molecule has 1 aromatic heterocycles. The van der Waals surface area contributed by atoms with Crippen LogP contribution in [-0.4, -0.2) is 37.7 Å². The van der Waals surface area contributed by atoms with Crippen molar-refractivity contribution in [2.24, 2.45) is 5.92 Å². The van der Waals surface area contributed by atoms with Gasteiger partial charge in [-0.2, -0.15) is 0 Å². The van der Waals surface area contributed by atoms with E-state index < -0.39 is 9.84 Å². The number of piperidine rings is 1. The number of nitrogens with zero attached hydrogens (tertiary/aromatic N) is 2. The maximum Gasteiger partial charge on any atom is 0.178 e. The summed E-state index contributed by atoms with van der Waals surface area (Å²) >= 11 is 0. The molecule has 0 amide bonds. The van der Waals surface area contributed by atoms with E-state index in [2.05, 4.69) is 29.1 Å². The third-order valence-corrected chi connectivity index (χ3v) is 4.62. The van der Waals surface area contributed by atoms with Crippen LogP contribution in [-0.2, 0) is 16.3 Å². The van der Waals surface area contributed by atoms with Gasteiger partial charge in [0, 0.05) is 31.3 Å². The van der Waals surface area contributed by atoms with Gasteiger partial charge in [-0.3, -0.25) is 0 Å². The summed E-state index contributed by atoms with van der Waals surface area (Å²) in [6.07, 6.45) is 5.53. The fourth-order valence-electron chi connectivity index (χ4n) is 2.55. The van der Waals surface area contributed by atoms with Crippen LogP contribution in [0, 0.1) is 5.92 Å². The molecule has 2 rings (SSSR count). The maximum atomic E-state index is 11.9. The number of nitrogens with one attached hydrogen (secondary N) is 1. The Labute approximate surface area is 121 Å². The lowest BCUT2D eigenvalue weighted by atomic mass is 9.96. The van der Waals surface area contributed by atoms with Crippen molar-refractivity contribution >= 4 is 9.84 Å². The van der Waals surface area contributed by atoms with E-state index in [4.69, 9.17) is 0 Å². The second kappa shape index (κ2) is 6.18. The van der Waals surface area contributed by atoms with Gasteiger partial charge in [0.2, 0.25) is 0 Å². The number of aromatic nitrogens is 2. The van der Waals surface area contributed by atoms with Gasteiger partial charge in [0.15, 0.2) is 9.84 Å². The minimum atomic E-state index is -3.28. The maximum absolute atomic E-state index is 11.9. The molecule has 0 aromatic carbocycles. The Morgan fingerprint density at radius 3 is 2.75 bits per heavy atom. The molecule has 6 heteroatoms. The summed E-state index contributed by atoms with van der Waals surface area (Å²) < 4.78 is 23.9. The molecule has 112 valence electrons. The van der Waals surface area contributed by atoms with Gasteiger partial charge < -0.3 is 5.32 Å². The molecule has 1 saturated heterocycles. The SMILES string of the molecule is CC(C)Cc1ncc(S(C)(=O)=O)c([C@H]2CCCNC2)n1. The highest BCUT2D eigenvalue weighted by atomic mass is 32.2. The fraction of sp³-hybridized carbons (Fsp3) is 0.714. The molecule has 0 saturated carbocycles. The molecular weight excluding hydrogens is 274 g/mol. The Kier molecular flexibility index (Phi) is 4.75. The van der Waals surface area contributed by atoms with E-state index in [9.17, 15) is 8.42 Å². The van der Waals surface area contributed by atoms with E-state index in [-0.39, 0.29) is 5.92 Å². The molecule has 0 radical (unpaired) electrons. The van der Waals surface area contributed by atoms with E-state index in [1.54, 1.807) is 0 Å². The van der Waals surface area contributed by atoms with Gasteiger partial charge in [-0.05, 0) is 25.3 Å². The highest BCUT2D eigenvalue weighted by Gasteiger charge is 2.25. The average molecular weight is 297 g/mol. The van der Waals surface area contributed by atoms with Crippen LogP contribution in [0.1, 0.15) is 44.1 Å². The van der Waals surface area contributed by atoms with E-state index in [1.165, 1.54) is 12.5 Å². The lowest BCUT2D eigenvalue weighted by Crippen LogP contribution is -2.30. The van der Waals surface area contributed by atoms with Crippen molar-refractivity contribution in [2.45, 2.75) is 43.9 Å². The second-order valence-corrected chi connectivity index (χ2v) is 7.93. The standard InChI is InChI=1S/C14H23N3O2S/c1-10(2)7-13-16-9-12(20(3,18)19)14(17-13)11-5-4-6-15-8-11/h9-11,15H,4-8H2,1-3H3/t11-/m0/s1. The molecule has 1 aliphatic heterocycles. The molecule has 0 spiro atoms. The van der Waals surface area contributed by atoms with Crippen molar-refractivity contribution in [1.29, 1.82) is 0 Å². The Hall–Kier alpha value is -1.01. The van der Waals surface area contributed by atoms with Crippen LogP contribution in [0.2, 0.25) is 0 Å². The van der Waals surface area contributed by atoms with Crippen molar-refractivity contribution in [3.63, 3.8) is 0 Å². The summed E-state index contributed by atoms with van der Waals surface area (Å²) in [5.41, 5.74) is 0.699. The van der Waals surface area contributed by atoms with Crippen molar-refractivity contribution in [2.75, 3.05) is 19.3 Å². The van der Waals surface area contributed by atoms with Crippen LogP contribution < -0.4 is 5.32 Å². The number of hydrogen-bond acceptors (Lipinski definition) is 5. The Balaban J connectivity index is 2.42. The third kappa shape index (κ3) is 3.76. The van der Waals surface area contributed by atoms with Gasteiger partial charge in [0.05, 0.1) is 5.69 Å². The minimum absolute atomic E-state index is 0.169. The first kappa shape index (κ1) is 15.4. The zero-order chi connectivity index (χ0) is 14.8. The minimum Gasteiger partial charge on any atom is -0.316 e. The van der Waals surface area contributed by atoms with Crippen molar-refractivity contribution in [3.8, 4) is 0 Å². The van der Waals surface area contributed by atoms with Gasteiger partial charge in [0.1, 0.15) is 10.7 Å². The average Bonchev–Trinajstić information content (AvgIpc) is 2.37. The molecule has 1 aromatic rings. The summed E-state index contributed by atoms with van der Waals surface area (Å²) in [5.74, 6) is 1.37. The normalized spacial score (nSPS) is 20.3. The van der Waals surface area contributed by atoms with Crippen molar-refractivity contribution in [3.05, 3.63) is 17.7 Å². The van der Waals surface area contributed by atoms with Crippen LogP contribution in [0.4, 0.5) is 0 Å². The van der Waals surface area contributed by atoms with Gasteiger partial charge >= 0.3 is 0 Å². The van der Waals surface area contributed by atoms with Gasteiger partial charge in [-0.1, -0.05) is 13.8 Å². The summed E-state index contributed by atoms with van der Waals surface area (Å²) in [7, 11) is -3.28. The molecule has 0 aliphatic carbocycles. The highest BCUT2D eigenvalue weighted by molar-refractivity contribution is 7.90. The van der Waals surface area contributed by atoms with Gasteiger partial charge in [0.25, 0.3) is 0 Å². The molecule has 20 heavy (non-hydrogen) atoms. The summed E-state index contributed by atoms with van der Waals surface area (Å²) in [6.45, 7) is 6.00. The molecule has 1 fully saturated rings. The molecule has 1 N–H and O–H groups in total. The molecule has 1 aliphatic rings. The molecule has 0 bridgehead atoms. The van der Waals surface area contributed by atoms with E-state index >= 15 is 0 Å². The summed E-state index contributed by atoms with van der Waals surface area (Å²) in [5, 5.41) is 3.32. The van der Waals surface area contributed by atoms with Crippen molar-refractivity contribution < 1.29 is 8.42 Å². The first-order valence-electron chi connectivity index (χ1n) is 7.14. The van der Waals surface area contributed by atoms with Crippen LogP contribution in [0.25, 0.3) is 0 Å². The van der Waals surface area contributed by atoms with E-state index in [0.29, 0.717) is 16.5 Å². The first-order valence-corrected chi connectivity index (χ1v) is 9.03. The third-order valence-electron chi connectivity index (χ3n) is 3.51. The zero-order valence-electron chi connectivity index (χ0n) is 12.4. The monoisotopic (exact) mass is 297 g/mol. The molecule has 0 unspecified atom stereocenters. The zero-order valence-corrected chi connectivity index (χ0v) is 13.2. The Morgan fingerprint density at radius 2 is 2.20 bits per heavy atom. The quantitative estimate of drug-likeness (QED) is 0.913. The second-order valence-electron chi connectivity index (χ2n) is 5.95. The number of rotatable bonds is 4. The molecule has 5 nitrogen and oxygen atoms in total. The van der Waals surface area contributed by atoms with Crippen LogP contribution in [0.3, 0.4) is 0 Å². The first-order chi connectivity index (χ1) is 9.38. The highest BCUT2D eigenvalue weighted by Crippen LogP contribution is 2.27. The van der Waals surface area contributed by atoms with E-state index in [1.807, 2.05) is 0 Å². The molecule has 2 heterocycles. The Morgan fingerprint density at radius 1 is 1.45 bits per heavy atom. The summed E-state index contributed by atoms with van der Waals surface area (Å²) in [4.78, 5) is 9.09. The number of hydrogen-bond donors (Lipinski definition) is 1. The van der Waals surface area contributed by atoms with Crippen LogP contribution >= 0.6 is 0 Å². The predicted molar refractivity (Wildman–Crippen MR) is 78.5 cm³/mol. The van der Waals surface area contributed by atoms with E-state index in [0.717, 1.165) is 38.2 Å². The summed E-state index contributed by atoms with van der Waals surface area (Å²) in [6, 6.07) is 0. The van der Waals surface area contributed by atoms with Crippen molar-refractivity contribution in [1.82, 2.24) is 15.3 Å². The predicted octanol–water partition coefficient (Wildman–Crippen LogP) is 1.55. The molecular formula is C14H23N3O2S. The topological polar surface area (TPSA) is 72.0 Å². The lowest BCUT2D eigenvalue weighted by Gasteiger charge is -2.24. The largest absolute Gasteiger partial charge is 0.316 e. The van der Waals surface area contributed by atoms with Crippen LogP contribution in [0.15, 0.2) is 11.1 Å². The van der Waals surface area contributed by atoms with Crippen LogP contribution in [0.5, 0.6) is 0 Å².